The highest BCUT2D eigenvalue weighted by atomic mass is 35.5. The zero-order valence-corrected chi connectivity index (χ0v) is 19.4. The number of hydrogen-bond donors (Lipinski definition) is 1. The molecule has 0 spiro atoms. The van der Waals surface area contributed by atoms with E-state index in [4.69, 9.17) is 27.9 Å². The minimum atomic E-state index is -4.67. The number of hydrogen-bond acceptors (Lipinski definition) is 4. The number of alkyl halides is 3. The van der Waals surface area contributed by atoms with Crippen molar-refractivity contribution < 1.29 is 32.6 Å². The highest BCUT2D eigenvalue weighted by Crippen LogP contribution is 2.44. The van der Waals surface area contributed by atoms with Gasteiger partial charge in [0.1, 0.15) is 11.5 Å². The number of aliphatic hydroxyl groups is 1. The third-order valence-corrected chi connectivity index (χ3v) is 6.24. The number of Topliss-reactive ketones (excluding diaryl/α,β-unsaturated/α-hetero) is 1. The van der Waals surface area contributed by atoms with Gasteiger partial charge in [0.15, 0.2) is 0 Å². The predicted molar refractivity (Wildman–Crippen MR) is 126 cm³/mol. The molecular weight excluding hydrogens is 506 g/mol. The number of ketones is 1. The van der Waals surface area contributed by atoms with Crippen LogP contribution >= 0.6 is 23.2 Å². The SMILES string of the molecule is COc1cccc(C2/C(=C(\O)c3ccc(Cl)c(Cl)c3)C(=O)C(=O)N2c2cccc(C(F)(F)F)c2)c1. The molecule has 0 aliphatic carbocycles. The number of amides is 1. The first-order valence-electron chi connectivity index (χ1n) is 10.1. The molecule has 10 heteroatoms. The van der Waals surface area contributed by atoms with Gasteiger partial charge in [0.25, 0.3) is 11.7 Å². The number of halogens is 5. The van der Waals surface area contributed by atoms with Gasteiger partial charge in [-0.1, -0.05) is 41.4 Å². The number of carbonyl (C=O) groups is 2. The molecule has 3 aromatic carbocycles. The fourth-order valence-electron chi connectivity index (χ4n) is 3.86. The maximum atomic E-state index is 13.4. The molecule has 0 saturated carbocycles. The molecule has 1 fully saturated rings. The van der Waals surface area contributed by atoms with Gasteiger partial charge in [0.2, 0.25) is 0 Å². The smallest absolute Gasteiger partial charge is 0.416 e. The Bertz CT molecular complexity index is 1370. The molecule has 0 radical (unpaired) electrons. The van der Waals surface area contributed by atoms with Crippen molar-refractivity contribution in [1.29, 1.82) is 0 Å². The number of benzene rings is 3. The van der Waals surface area contributed by atoms with E-state index in [0.717, 1.165) is 23.1 Å². The zero-order valence-electron chi connectivity index (χ0n) is 17.9. The van der Waals surface area contributed by atoms with Crippen molar-refractivity contribution in [3.8, 4) is 5.75 Å². The van der Waals surface area contributed by atoms with Crippen molar-refractivity contribution >= 4 is 46.3 Å². The molecule has 3 aromatic rings. The number of methoxy groups -OCH3 is 1. The molecule has 4 rings (SSSR count). The van der Waals surface area contributed by atoms with Gasteiger partial charge in [-0.2, -0.15) is 13.2 Å². The van der Waals surface area contributed by atoms with Gasteiger partial charge in [0.05, 0.1) is 34.3 Å². The van der Waals surface area contributed by atoms with Crippen LogP contribution in [0.5, 0.6) is 5.75 Å². The van der Waals surface area contributed by atoms with Gasteiger partial charge in [-0.05, 0) is 54.1 Å². The number of ether oxygens (including phenoxy) is 1. The lowest BCUT2D eigenvalue weighted by Gasteiger charge is -2.26. The van der Waals surface area contributed by atoms with Gasteiger partial charge >= 0.3 is 6.18 Å². The summed E-state index contributed by atoms with van der Waals surface area (Å²) in [6.45, 7) is 0. The Hall–Kier alpha value is -3.49. The average molecular weight is 522 g/mol. The summed E-state index contributed by atoms with van der Waals surface area (Å²) in [7, 11) is 1.42. The molecule has 1 aliphatic heterocycles. The van der Waals surface area contributed by atoms with Crippen LogP contribution < -0.4 is 9.64 Å². The van der Waals surface area contributed by atoms with E-state index in [1.165, 1.54) is 37.4 Å². The number of carbonyl (C=O) groups excluding carboxylic acids is 2. The fourth-order valence-corrected chi connectivity index (χ4v) is 4.15. The molecule has 1 aliphatic rings. The first-order chi connectivity index (χ1) is 16.5. The highest BCUT2D eigenvalue weighted by Gasteiger charge is 2.47. The molecule has 0 bridgehead atoms. The topological polar surface area (TPSA) is 66.8 Å². The molecule has 0 aromatic heterocycles. The van der Waals surface area contributed by atoms with Crippen LogP contribution in [0.15, 0.2) is 72.3 Å². The van der Waals surface area contributed by atoms with E-state index >= 15 is 0 Å². The van der Waals surface area contributed by atoms with Gasteiger partial charge in [-0.25, -0.2) is 0 Å². The van der Waals surface area contributed by atoms with Gasteiger partial charge < -0.3 is 9.84 Å². The van der Waals surface area contributed by atoms with E-state index in [9.17, 15) is 27.9 Å². The Balaban J connectivity index is 1.97. The van der Waals surface area contributed by atoms with Crippen LogP contribution in [0.2, 0.25) is 10.0 Å². The molecule has 1 amide bonds. The molecule has 1 saturated heterocycles. The number of nitrogens with zero attached hydrogens (tertiary/aromatic N) is 1. The first kappa shape index (κ1) is 24.6. The number of aliphatic hydroxyl groups excluding tert-OH is 1. The van der Waals surface area contributed by atoms with Crippen molar-refractivity contribution in [3.05, 3.63) is 99.0 Å². The van der Waals surface area contributed by atoms with Crippen molar-refractivity contribution in [1.82, 2.24) is 0 Å². The van der Waals surface area contributed by atoms with Crippen LogP contribution in [0.4, 0.5) is 18.9 Å². The molecule has 1 heterocycles. The van der Waals surface area contributed by atoms with Crippen LogP contribution in [-0.4, -0.2) is 23.9 Å². The molecule has 35 heavy (non-hydrogen) atoms. The summed E-state index contributed by atoms with van der Waals surface area (Å²) in [6.07, 6.45) is -4.67. The lowest BCUT2D eigenvalue weighted by molar-refractivity contribution is -0.137. The monoisotopic (exact) mass is 521 g/mol. The molecule has 1 unspecified atom stereocenters. The second-order valence-electron chi connectivity index (χ2n) is 7.62. The van der Waals surface area contributed by atoms with E-state index in [0.29, 0.717) is 11.3 Å². The lowest BCUT2D eigenvalue weighted by Crippen LogP contribution is -2.29. The van der Waals surface area contributed by atoms with Crippen molar-refractivity contribution in [2.24, 2.45) is 0 Å². The second kappa shape index (κ2) is 9.28. The summed E-state index contributed by atoms with van der Waals surface area (Å²) in [4.78, 5) is 27.2. The van der Waals surface area contributed by atoms with Gasteiger partial charge in [-0.15, -0.1) is 0 Å². The van der Waals surface area contributed by atoms with Crippen LogP contribution in [-0.2, 0) is 15.8 Å². The Morgan fingerprint density at radius 3 is 2.34 bits per heavy atom. The Morgan fingerprint density at radius 2 is 1.69 bits per heavy atom. The summed E-state index contributed by atoms with van der Waals surface area (Å²) >= 11 is 12.0. The Morgan fingerprint density at radius 1 is 0.971 bits per heavy atom. The third-order valence-electron chi connectivity index (χ3n) is 5.50. The normalized spacial score (nSPS) is 17.7. The molecule has 1 N–H and O–H groups in total. The summed E-state index contributed by atoms with van der Waals surface area (Å²) < 4.78 is 45.4. The standard InChI is InChI=1S/C25H16Cl2F3NO4/c1-35-17-7-2-4-13(10-17)21-20(22(32)14-8-9-18(26)19(27)11-14)23(33)24(34)31(21)16-6-3-5-15(12-16)25(28,29)30/h2-12,21,32H,1H3/b22-20+. The Labute approximate surface area is 207 Å². The zero-order chi connectivity index (χ0) is 25.5. The molecular formula is C25H16Cl2F3NO4. The van der Waals surface area contributed by atoms with E-state index in [2.05, 4.69) is 0 Å². The largest absolute Gasteiger partial charge is 0.507 e. The van der Waals surface area contributed by atoms with Gasteiger partial charge in [0, 0.05) is 11.3 Å². The van der Waals surface area contributed by atoms with Crippen molar-refractivity contribution in [2.75, 3.05) is 12.0 Å². The summed E-state index contributed by atoms with van der Waals surface area (Å²) in [5.41, 5.74) is -1.04. The predicted octanol–water partition coefficient (Wildman–Crippen LogP) is 6.65. The summed E-state index contributed by atoms with van der Waals surface area (Å²) in [5.74, 6) is -2.34. The number of rotatable bonds is 4. The first-order valence-corrected chi connectivity index (χ1v) is 10.9. The van der Waals surface area contributed by atoms with E-state index in [1.807, 2.05) is 0 Å². The minimum absolute atomic E-state index is 0.0979. The molecule has 180 valence electrons. The number of anilines is 1. The van der Waals surface area contributed by atoms with E-state index in [-0.39, 0.29) is 26.9 Å². The quantitative estimate of drug-likeness (QED) is 0.237. The third kappa shape index (κ3) is 4.59. The average Bonchev–Trinajstić information content (AvgIpc) is 3.10. The van der Waals surface area contributed by atoms with Crippen LogP contribution in [0.25, 0.3) is 5.76 Å². The minimum Gasteiger partial charge on any atom is -0.507 e. The maximum Gasteiger partial charge on any atom is 0.416 e. The molecule has 5 nitrogen and oxygen atoms in total. The summed E-state index contributed by atoms with van der Waals surface area (Å²) in [6, 6.07) is 13.3. The lowest BCUT2D eigenvalue weighted by atomic mass is 9.95. The Kier molecular flexibility index (Phi) is 6.53. The van der Waals surface area contributed by atoms with Crippen LogP contribution in [0.1, 0.15) is 22.7 Å². The van der Waals surface area contributed by atoms with Crippen LogP contribution in [0.3, 0.4) is 0 Å². The van der Waals surface area contributed by atoms with E-state index < -0.39 is 35.2 Å². The second-order valence-corrected chi connectivity index (χ2v) is 8.44. The highest BCUT2D eigenvalue weighted by molar-refractivity contribution is 6.51. The summed E-state index contributed by atoms with van der Waals surface area (Å²) in [5, 5.41) is 11.4. The van der Waals surface area contributed by atoms with Crippen molar-refractivity contribution in [3.63, 3.8) is 0 Å². The van der Waals surface area contributed by atoms with E-state index in [1.54, 1.807) is 18.2 Å². The molecule has 1 atom stereocenters. The maximum absolute atomic E-state index is 13.4. The fraction of sp³-hybridized carbons (Fsp3) is 0.120. The van der Waals surface area contributed by atoms with Crippen LogP contribution in [0, 0.1) is 0 Å². The van der Waals surface area contributed by atoms with Crippen molar-refractivity contribution in [2.45, 2.75) is 12.2 Å². The van der Waals surface area contributed by atoms with Gasteiger partial charge in [-0.3, -0.25) is 14.5 Å².